The number of carbonyl (C=O) groups excluding carboxylic acids is 2. The highest BCUT2D eigenvalue weighted by atomic mass is 16.5. The molecule has 3 aromatic carbocycles. The number of methoxy groups -OCH3 is 2. The van der Waals surface area contributed by atoms with Crippen molar-refractivity contribution in [2.45, 2.75) is 39.7 Å². The second-order valence-corrected chi connectivity index (χ2v) is 9.35. The normalized spacial score (nSPS) is 17.1. The van der Waals surface area contributed by atoms with E-state index in [9.17, 15) is 14.7 Å². The Balaban J connectivity index is 1.99. The van der Waals surface area contributed by atoms with Crippen LogP contribution in [0.25, 0.3) is 5.76 Å². The van der Waals surface area contributed by atoms with Gasteiger partial charge in [-0.25, -0.2) is 0 Å². The molecule has 6 nitrogen and oxygen atoms in total. The van der Waals surface area contributed by atoms with Gasteiger partial charge in [-0.15, -0.1) is 0 Å². The number of hydrogen-bond acceptors (Lipinski definition) is 5. The Kier molecular flexibility index (Phi) is 6.88. The van der Waals surface area contributed by atoms with Crippen LogP contribution in [0.1, 0.15) is 53.6 Å². The molecule has 1 N–H and O–H groups in total. The molecule has 0 radical (unpaired) electrons. The third-order valence-corrected chi connectivity index (χ3v) is 6.59. The molecule has 4 rings (SSSR count). The van der Waals surface area contributed by atoms with Gasteiger partial charge in [0, 0.05) is 17.3 Å². The summed E-state index contributed by atoms with van der Waals surface area (Å²) < 4.78 is 10.9. The van der Waals surface area contributed by atoms with E-state index in [0.717, 1.165) is 22.3 Å². The molecular formula is C30H31NO5. The van der Waals surface area contributed by atoms with Crippen molar-refractivity contribution in [2.24, 2.45) is 0 Å². The van der Waals surface area contributed by atoms with Crippen LogP contribution in [-0.4, -0.2) is 31.0 Å². The van der Waals surface area contributed by atoms with E-state index in [0.29, 0.717) is 22.7 Å². The molecule has 1 aliphatic rings. The molecule has 1 fully saturated rings. The van der Waals surface area contributed by atoms with Crippen LogP contribution in [-0.2, 0) is 9.59 Å². The van der Waals surface area contributed by atoms with Crippen molar-refractivity contribution < 1.29 is 24.2 Å². The summed E-state index contributed by atoms with van der Waals surface area (Å²) >= 11 is 0. The summed E-state index contributed by atoms with van der Waals surface area (Å²) in [6.45, 7) is 7.86. The van der Waals surface area contributed by atoms with Gasteiger partial charge in [-0.1, -0.05) is 49.7 Å². The van der Waals surface area contributed by atoms with E-state index in [1.54, 1.807) is 38.5 Å². The van der Waals surface area contributed by atoms with Crippen molar-refractivity contribution in [1.82, 2.24) is 0 Å². The van der Waals surface area contributed by atoms with E-state index in [1.807, 2.05) is 64.1 Å². The number of amides is 1. The van der Waals surface area contributed by atoms with Crippen LogP contribution in [0.4, 0.5) is 5.69 Å². The van der Waals surface area contributed by atoms with Crippen molar-refractivity contribution in [1.29, 1.82) is 0 Å². The minimum Gasteiger partial charge on any atom is -0.507 e. The number of ketones is 1. The molecule has 6 heteroatoms. The van der Waals surface area contributed by atoms with E-state index in [-0.39, 0.29) is 17.3 Å². The molecule has 186 valence electrons. The Morgan fingerprint density at radius 3 is 2.31 bits per heavy atom. The van der Waals surface area contributed by atoms with E-state index in [2.05, 4.69) is 0 Å². The lowest BCUT2D eigenvalue weighted by molar-refractivity contribution is -0.132. The summed E-state index contributed by atoms with van der Waals surface area (Å²) in [6, 6.07) is 17.5. The van der Waals surface area contributed by atoms with Crippen LogP contribution >= 0.6 is 0 Å². The smallest absolute Gasteiger partial charge is 0.300 e. The van der Waals surface area contributed by atoms with E-state index in [4.69, 9.17) is 9.47 Å². The molecule has 36 heavy (non-hydrogen) atoms. The second-order valence-electron chi connectivity index (χ2n) is 9.35. The van der Waals surface area contributed by atoms with Gasteiger partial charge in [0.2, 0.25) is 0 Å². The van der Waals surface area contributed by atoms with Crippen molar-refractivity contribution >= 4 is 23.1 Å². The third kappa shape index (κ3) is 4.35. The highest BCUT2D eigenvalue weighted by Gasteiger charge is 2.47. The number of carbonyl (C=O) groups is 2. The van der Waals surface area contributed by atoms with Crippen LogP contribution < -0.4 is 14.4 Å². The van der Waals surface area contributed by atoms with Gasteiger partial charge >= 0.3 is 0 Å². The number of aliphatic hydroxyl groups is 1. The molecule has 1 aliphatic heterocycles. The fourth-order valence-corrected chi connectivity index (χ4v) is 4.74. The molecule has 1 amide bonds. The molecule has 1 heterocycles. The minimum absolute atomic E-state index is 0.0522. The maximum absolute atomic E-state index is 13.5. The van der Waals surface area contributed by atoms with Crippen molar-refractivity contribution in [3.05, 3.63) is 94.1 Å². The number of aliphatic hydroxyl groups excluding tert-OH is 1. The first-order valence-electron chi connectivity index (χ1n) is 11.9. The first-order chi connectivity index (χ1) is 17.2. The quantitative estimate of drug-likeness (QED) is 0.261. The summed E-state index contributed by atoms with van der Waals surface area (Å²) in [5.41, 5.74) is 4.41. The SMILES string of the molecule is COc1cccc(N2C(=O)C(=O)/C(=C(/O)c3cc(C(C)C)c(OC)cc3C)C2c2cccc(C)c2)c1. The van der Waals surface area contributed by atoms with Crippen LogP contribution in [0.3, 0.4) is 0 Å². The predicted molar refractivity (Wildman–Crippen MR) is 141 cm³/mol. The lowest BCUT2D eigenvalue weighted by Gasteiger charge is -2.26. The van der Waals surface area contributed by atoms with Crippen molar-refractivity contribution in [3.63, 3.8) is 0 Å². The molecule has 0 aliphatic carbocycles. The van der Waals surface area contributed by atoms with Gasteiger partial charge in [-0.05, 0) is 60.7 Å². The molecule has 0 bridgehead atoms. The van der Waals surface area contributed by atoms with E-state index < -0.39 is 17.7 Å². The number of Topliss-reactive ketones (excluding diaryl/α,β-unsaturated/α-hetero) is 1. The number of anilines is 1. The first kappa shape index (κ1) is 25.0. The van der Waals surface area contributed by atoms with Gasteiger partial charge in [-0.2, -0.15) is 0 Å². The fourth-order valence-electron chi connectivity index (χ4n) is 4.74. The Morgan fingerprint density at radius 2 is 1.67 bits per heavy atom. The first-order valence-corrected chi connectivity index (χ1v) is 11.9. The standard InChI is InChI=1S/C30H31NO5/c1-17(2)23-16-24(19(4)14-25(23)36-6)28(32)26-27(20-10-7-9-18(3)13-20)31(30(34)29(26)33)21-11-8-12-22(15-21)35-5/h7-17,27,32H,1-6H3/b28-26+. The van der Waals surface area contributed by atoms with Gasteiger partial charge < -0.3 is 14.6 Å². The molecule has 3 aromatic rings. The maximum Gasteiger partial charge on any atom is 0.300 e. The molecule has 1 atom stereocenters. The third-order valence-electron chi connectivity index (χ3n) is 6.59. The van der Waals surface area contributed by atoms with Gasteiger partial charge in [-0.3, -0.25) is 14.5 Å². The van der Waals surface area contributed by atoms with E-state index in [1.165, 1.54) is 4.90 Å². The summed E-state index contributed by atoms with van der Waals surface area (Å²) in [6.07, 6.45) is 0. The van der Waals surface area contributed by atoms with Crippen molar-refractivity contribution in [2.75, 3.05) is 19.1 Å². The summed E-state index contributed by atoms with van der Waals surface area (Å²) in [7, 11) is 3.15. The van der Waals surface area contributed by atoms with Gasteiger partial charge in [0.1, 0.15) is 17.3 Å². The Labute approximate surface area is 211 Å². The van der Waals surface area contributed by atoms with Gasteiger partial charge in [0.25, 0.3) is 11.7 Å². The molecule has 0 saturated carbocycles. The van der Waals surface area contributed by atoms with Crippen LogP contribution in [0.2, 0.25) is 0 Å². The van der Waals surface area contributed by atoms with Crippen LogP contribution in [0.15, 0.2) is 66.2 Å². The largest absolute Gasteiger partial charge is 0.507 e. The average molecular weight is 486 g/mol. The van der Waals surface area contributed by atoms with Crippen LogP contribution in [0, 0.1) is 13.8 Å². The molecular weight excluding hydrogens is 454 g/mol. The van der Waals surface area contributed by atoms with Gasteiger partial charge in [0.05, 0.1) is 25.8 Å². The summed E-state index contributed by atoms with van der Waals surface area (Å²) in [4.78, 5) is 28.4. The Bertz CT molecular complexity index is 1370. The number of aryl methyl sites for hydroxylation is 2. The van der Waals surface area contributed by atoms with Crippen molar-refractivity contribution in [3.8, 4) is 11.5 Å². The summed E-state index contributed by atoms with van der Waals surface area (Å²) in [5, 5.41) is 11.6. The Morgan fingerprint density at radius 1 is 0.944 bits per heavy atom. The minimum atomic E-state index is -0.805. The fraction of sp³-hybridized carbons (Fsp3) is 0.267. The van der Waals surface area contributed by atoms with E-state index >= 15 is 0 Å². The Hall–Kier alpha value is -4.06. The molecule has 0 spiro atoms. The topological polar surface area (TPSA) is 76.1 Å². The molecule has 1 saturated heterocycles. The number of nitrogens with zero attached hydrogens (tertiary/aromatic N) is 1. The number of hydrogen-bond donors (Lipinski definition) is 1. The average Bonchev–Trinajstić information content (AvgIpc) is 3.13. The number of rotatable bonds is 6. The maximum atomic E-state index is 13.5. The number of ether oxygens (including phenoxy) is 2. The highest BCUT2D eigenvalue weighted by Crippen LogP contribution is 2.44. The predicted octanol–water partition coefficient (Wildman–Crippen LogP) is 6.07. The lowest BCUT2D eigenvalue weighted by Crippen LogP contribution is -2.29. The second kappa shape index (κ2) is 9.90. The summed E-state index contributed by atoms with van der Waals surface area (Å²) in [5.74, 6) is -0.239. The molecule has 1 unspecified atom stereocenters. The monoisotopic (exact) mass is 485 g/mol. The zero-order valence-electron chi connectivity index (χ0n) is 21.5. The van der Waals surface area contributed by atoms with Gasteiger partial charge in [0.15, 0.2) is 0 Å². The lowest BCUT2D eigenvalue weighted by atomic mass is 9.90. The van der Waals surface area contributed by atoms with Crippen LogP contribution in [0.5, 0.6) is 11.5 Å². The highest BCUT2D eigenvalue weighted by molar-refractivity contribution is 6.51. The zero-order valence-corrected chi connectivity index (χ0v) is 21.5. The number of benzene rings is 3. The zero-order chi connectivity index (χ0) is 26.1. The molecule has 0 aromatic heterocycles.